The van der Waals surface area contributed by atoms with Crippen molar-refractivity contribution in [2.75, 3.05) is 4.90 Å². The molecule has 10 aromatic carbocycles. The molecule has 0 atom stereocenters. The summed E-state index contributed by atoms with van der Waals surface area (Å²) in [5.41, 5.74) is 18.6. The maximum Gasteiger partial charge on any atom is 0.0618 e. The summed E-state index contributed by atoms with van der Waals surface area (Å²) in [4.78, 5) is 2.47. The van der Waals surface area contributed by atoms with E-state index in [1.54, 1.807) is 0 Å². The van der Waals surface area contributed by atoms with Crippen LogP contribution in [0.15, 0.2) is 255 Å². The molecule has 0 spiro atoms. The molecule has 62 heavy (non-hydrogen) atoms. The van der Waals surface area contributed by atoms with Gasteiger partial charge in [-0.15, -0.1) is 0 Å². The summed E-state index contributed by atoms with van der Waals surface area (Å²) in [5, 5.41) is 2.45. The molecule has 11 aromatic rings. The average Bonchev–Trinajstić information content (AvgIpc) is 3.69. The third-order valence-electron chi connectivity index (χ3n) is 12.0. The molecule has 0 aliphatic heterocycles. The quantitative estimate of drug-likeness (QED) is 0.141. The van der Waals surface area contributed by atoms with Crippen molar-refractivity contribution in [3.63, 3.8) is 0 Å². The lowest BCUT2D eigenvalue weighted by molar-refractivity contribution is 1.18. The van der Waals surface area contributed by atoms with Crippen molar-refractivity contribution < 1.29 is 0 Å². The van der Waals surface area contributed by atoms with E-state index in [9.17, 15) is 0 Å². The van der Waals surface area contributed by atoms with E-state index in [0.29, 0.717) is 0 Å². The maximum atomic E-state index is 2.47. The molecule has 0 bridgehead atoms. The van der Waals surface area contributed by atoms with Crippen LogP contribution in [0.2, 0.25) is 0 Å². The Morgan fingerprint density at radius 2 is 0.661 bits per heavy atom. The zero-order chi connectivity index (χ0) is 41.2. The van der Waals surface area contributed by atoms with Crippen molar-refractivity contribution in [3.8, 4) is 61.3 Å². The van der Waals surface area contributed by atoms with E-state index in [0.717, 1.165) is 56.1 Å². The van der Waals surface area contributed by atoms with Gasteiger partial charge in [-0.1, -0.05) is 212 Å². The van der Waals surface area contributed by atoms with Gasteiger partial charge in [0.1, 0.15) is 0 Å². The van der Waals surface area contributed by atoms with E-state index in [1.807, 2.05) is 0 Å². The summed E-state index contributed by atoms with van der Waals surface area (Å²) in [5.74, 6) is 0. The number of hydrogen-bond donors (Lipinski definition) is 0. The summed E-state index contributed by atoms with van der Waals surface area (Å²) in [6.45, 7) is 0. The van der Waals surface area contributed by atoms with E-state index in [4.69, 9.17) is 0 Å². The van der Waals surface area contributed by atoms with Crippen LogP contribution in [0.3, 0.4) is 0 Å². The van der Waals surface area contributed by atoms with Gasteiger partial charge in [0.15, 0.2) is 0 Å². The molecule has 2 heteroatoms. The van der Waals surface area contributed by atoms with Gasteiger partial charge in [-0.3, -0.25) is 0 Å². The number of para-hydroxylation sites is 3. The summed E-state index contributed by atoms with van der Waals surface area (Å²) in [6.07, 6.45) is 0. The standard InChI is InChI=1S/C60H42N2/c1-5-20-43(21-6-1)50-28-13-15-30-54(50)55-31-16-14-29-51(55)46-36-38-48(39-37-46)61(60-52(44-22-7-2-8-23-44)33-19-34-53(60)45-24-9-3-10-25-45)49-40-41-57-56-32-17-18-35-58(56)62(59(57)42-49)47-26-11-4-12-27-47/h1-42H. The third-order valence-corrected chi connectivity index (χ3v) is 12.0. The Balaban J connectivity index is 1.14. The van der Waals surface area contributed by atoms with Crippen molar-refractivity contribution in [2.24, 2.45) is 0 Å². The molecule has 292 valence electrons. The Bertz CT molecular complexity index is 3260. The monoisotopic (exact) mass is 790 g/mol. The van der Waals surface area contributed by atoms with Crippen LogP contribution in [0, 0.1) is 0 Å². The number of hydrogen-bond acceptors (Lipinski definition) is 1. The molecule has 0 fully saturated rings. The van der Waals surface area contributed by atoms with Gasteiger partial charge in [0, 0.05) is 39.0 Å². The summed E-state index contributed by atoms with van der Waals surface area (Å²) in [7, 11) is 0. The number of nitrogens with zero attached hydrogens (tertiary/aromatic N) is 2. The Hall–Kier alpha value is -8.20. The first-order chi connectivity index (χ1) is 30.8. The molecule has 1 aromatic heterocycles. The van der Waals surface area contributed by atoms with E-state index in [1.165, 1.54) is 44.1 Å². The van der Waals surface area contributed by atoms with E-state index in [2.05, 4.69) is 264 Å². The minimum Gasteiger partial charge on any atom is -0.309 e. The topological polar surface area (TPSA) is 8.17 Å². The molecular formula is C60H42N2. The Labute approximate surface area is 362 Å². The van der Waals surface area contributed by atoms with E-state index >= 15 is 0 Å². The Morgan fingerprint density at radius 1 is 0.258 bits per heavy atom. The first-order valence-electron chi connectivity index (χ1n) is 21.3. The molecule has 2 nitrogen and oxygen atoms in total. The van der Waals surface area contributed by atoms with Crippen molar-refractivity contribution in [1.82, 2.24) is 4.57 Å². The molecule has 0 saturated heterocycles. The average molecular weight is 791 g/mol. The second kappa shape index (κ2) is 16.1. The lowest BCUT2D eigenvalue weighted by Gasteiger charge is -2.31. The minimum absolute atomic E-state index is 1.07. The second-order valence-corrected chi connectivity index (χ2v) is 15.7. The van der Waals surface area contributed by atoms with Crippen molar-refractivity contribution in [2.45, 2.75) is 0 Å². The lowest BCUT2D eigenvalue weighted by Crippen LogP contribution is -2.13. The fraction of sp³-hybridized carbons (Fsp3) is 0. The number of benzene rings is 10. The van der Waals surface area contributed by atoms with Crippen molar-refractivity contribution >= 4 is 38.9 Å². The van der Waals surface area contributed by atoms with Gasteiger partial charge in [-0.05, 0) is 87.0 Å². The number of aromatic nitrogens is 1. The highest BCUT2D eigenvalue weighted by Crippen LogP contribution is 2.48. The van der Waals surface area contributed by atoms with Crippen LogP contribution in [-0.4, -0.2) is 4.57 Å². The first kappa shape index (κ1) is 36.8. The van der Waals surface area contributed by atoms with Gasteiger partial charge < -0.3 is 9.47 Å². The normalized spacial score (nSPS) is 11.2. The minimum atomic E-state index is 1.07. The molecule has 11 rings (SSSR count). The molecule has 0 aliphatic carbocycles. The molecule has 0 saturated carbocycles. The van der Waals surface area contributed by atoms with Crippen LogP contribution in [0.4, 0.5) is 17.1 Å². The third kappa shape index (κ3) is 6.65. The molecule has 0 radical (unpaired) electrons. The predicted molar refractivity (Wildman–Crippen MR) is 263 cm³/mol. The molecule has 0 unspecified atom stereocenters. The molecular weight excluding hydrogens is 749 g/mol. The summed E-state index contributed by atoms with van der Waals surface area (Å²) >= 11 is 0. The Kier molecular flexibility index (Phi) is 9.57. The number of fused-ring (bicyclic) bond motifs is 3. The van der Waals surface area contributed by atoms with Crippen LogP contribution < -0.4 is 4.90 Å². The van der Waals surface area contributed by atoms with Gasteiger partial charge >= 0.3 is 0 Å². The highest BCUT2D eigenvalue weighted by molar-refractivity contribution is 6.11. The first-order valence-corrected chi connectivity index (χ1v) is 21.3. The Morgan fingerprint density at radius 3 is 1.23 bits per heavy atom. The maximum absolute atomic E-state index is 2.47. The van der Waals surface area contributed by atoms with Crippen LogP contribution in [0.5, 0.6) is 0 Å². The van der Waals surface area contributed by atoms with Gasteiger partial charge in [-0.2, -0.15) is 0 Å². The van der Waals surface area contributed by atoms with Crippen LogP contribution in [0.1, 0.15) is 0 Å². The number of rotatable bonds is 9. The summed E-state index contributed by atoms with van der Waals surface area (Å²) in [6, 6.07) is 92.1. The fourth-order valence-electron chi connectivity index (χ4n) is 9.19. The van der Waals surface area contributed by atoms with E-state index in [-0.39, 0.29) is 0 Å². The smallest absolute Gasteiger partial charge is 0.0618 e. The molecule has 0 aliphatic rings. The predicted octanol–water partition coefficient (Wildman–Crippen LogP) is 16.6. The van der Waals surface area contributed by atoms with Gasteiger partial charge in [0.2, 0.25) is 0 Å². The second-order valence-electron chi connectivity index (χ2n) is 15.7. The van der Waals surface area contributed by atoms with Crippen molar-refractivity contribution in [1.29, 1.82) is 0 Å². The van der Waals surface area contributed by atoms with Crippen molar-refractivity contribution in [3.05, 3.63) is 255 Å². The van der Waals surface area contributed by atoms with Crippen LogP contribution in [0.25, 0.3) is 83.1 Å². The lowest BCUT2D eigenvalue weighted by atomic mass is 9.89. The largest absolute Gasteiger partial charge is 0.309 e. The fourth-order valence-corrected chi connectivity index (χ4v) is 9.19. The van der Waals surface area contributed by atoms with Crippen LogP contribution in [-0.2, 0) is 0 Å². The molecule has 1 heterocycles. The highest BCUT2D eigenvalue weighted by Gasteiger charge is 2.24. The SMILES string of the molecule is c1ccc(-c2ccccc2-c2ccccc2-c2ccc(N(c3ccc4c5ccccc5n(-c5ccccc5)c4c3)c3c(-c4ccccc4)cccc3-c3ccccc3)cc2)cc1. The van der Waals surface area contributed by atoms with Crippen LogP contribution >= 0.6 is 0 Å². The number of anilines is 3. The molecule has 0 amide bonds. The molecule has 0 N–H and O–H groups in total. The van der Waals surface area contributed by atoms with E-state index < -0.39 is 0 Å². The highest BCUT2D eigenvalue weighted by atomic mass is 15.1. The zero-order valence-electron chi connectivity index (χ0n) is 34.1. The van der Waals surface area contributed by atoms with Gasteiger partial charge in [0.25, 0.3) is 0 Å². The van der Waals surface area contributed by atoms with Gasteiger partial charge in [-0.25, -0.2) is 0 Å². The summed E-state index contributed by atoms with van der Waals surface area (Å²) < 4.78 is 2.40. The zero-order valence-corrected chi connectivity index (χ0v) is 34.1. The van der Waals surface area contributed by atoms with Gasteiger partial charge in [0.05, 0.1) is 16.7 Å².